The van der Waals surface area contributed by atoms with Gasteiger partial charge in [-0.15, -0.1) is 0 Å². The van der Waals surface area contributed by atoms with Gasteiger partial charge in [-0.05, 0) is 61.1 Å². The Morgan fingerprint density at radius 2 is 1.28 bits per heavy atom. The molecule has 0 radical (unpaired) electrons. The van der Waals surface area contributed by atoms with E-state index >= 15 is 0 Å². The van der Waals surface area contributed by atoms with E-state index in [4.69, 9.17) is 9.47 Å². The van der Waals surface area contributed by atoms with E-state index in [1.807, 2.05) is 74.5 Å². The van der Waals surface area contributed by atoms with E-state index in [1.165, 1.54) is 19.1 Å². The molecule has 0 bridgehead atoms. The highest BCUT2D eigenvalue weighted by Crippen LogP contribution is 2.26. The molecular formula is C34H41N3O6. The molecule has 3 aromatic carbocycles. The molecule has 3 rings (SSSR count). The average molecular weight is 588 g/mol. The minimum Gasteiger partial charge on any atom is -0.468 e. The van der Waals surface area contributed by atoms with Crippen molar-refractivity contribution in [2.75, 3.05) is 24.4 Å². The van der Waals surface area contributed by atoms with E-state index in [1.54, 1.807) is 31.2 Å². The van der Waals surface area contributed by atoms with Crippen LogP contribution < -0.4 is 15.5 Å². The van der Waals surface area contributed by atoms with Crippen LogP contribution in [0.5, 0.6) is 0 Å². The molecule has 0 aliphatic carbocycles. The Hall–Kier alpha value is -4.50. The van der Waals surface area contributed by atoms with Gasteiger partial charge in [-0.3, -0.25) is 24.6 Å². The number of ether oxygens (including phenoxy) is 2. The monoisotopic (exact) mass is 587 g/mol. The second-order valence-corrected chi connectivity index (χ2v) is 10.7. The predicted molar refractivity (Wildman–Crippen MR) is 167 cm³/mol. The number of methoxy groups -OCH3 is 2. The van der Waals surface area contributed by atoms with Crippen molar-refractivity contribution in [3.05, 3.63) is 84.9 Å². The third-order valence-corrected chi connectivity index (χ3v) is 7.03. The summed E-state index contributed by atoms with van der Waals surface area (Å²) in [6.07, 6.45) is 0.494. The quantitative estimate of drug-likeness (QED) is 0.249. The summed E-state index contributed by atoms with van der Waals surface area (Å²) in [4.78, 5) is 53.8. The molecule has 3 atom stereocenters. The summed E-state index contributed by atoms with van der Waals surface area (Å²) < 4.78 is 10.0. The van der Waals surface area contributed by atoms with Crippen molar-refractivity contribution >= 4 is 35.1 Å². The minimum atomic E-state index is -0.940. The molecule has 3 aromatic rings. The van der Waals surface area contributed by atoms with E-state index in [0.29, 0.717) is 17.8 Å². The van der Waals surface area contributed by atoms with E-state index in [9.17, 15) is 19.2 Å². The normalized spacial score (nSPS) is 13.0. The number of carbonyl (C=O) groups excluding carboxylic acids is 4. The molecular weight excluding hydrogens is 546 g/mol. The predicted octanol–water partition coefficient (Wildman–Crippen LogP) is 5.21. The summed E-state index contributed by atoms with van der Waals surface area (Å²) in [5.41, 5.74) is 3.13. The number of hydrogen-bond acceptors (Lipinski definition) is 7. The Morgan fingerprint density at radius 3 is 1.84 bits per heavy atom. The van der Waals surface area contributed by atoms with Crippen LogP contribution in [-0.4, -0.2) is 56.1 Å². The lowest BCUT2D eigenvalue weighted by Crippen LogP contribution is -2.56. The maximum atomic E-state index is 14.2. The van der Waals surface area contributed by atoms with Crippen LogP contribution in [0.3, 0.4) is 0 Å². The van der Waals surface area contributed by atoms with E-state index < -0.39 is 36.0 Å². The Morgan fingerprint density at radius 1 is 0.721 bits per heavy atom. The highest BCUT2D eigenvalue weighted by molar-refractivity contribution is 6.02. The molecule has 0 saturated heterocycles. The number of nitrogens with one attached hydrogen (secondary N) is 2. The summed E-state index contributed by atoms with van der Waals surface area (Å²) in [6.45, 7) is 5.53. The number of hydrogen-bond donors (Lipinski definition) is 2. The topological polar surface area (TPSA) is 114 Å². The van der Waals surface area contributed by atoms with Crippen molar-refractivity contribution in [3.63, 3.8) is 0 Å². The molecule has 0 spiro atoms. The molecule has 2 amide bonds. The molecule has 2 N–H and O–H groups in total. The van der Waals surface area contributed by atoms with Crippen LogP contribution in [-0.2, 0) is 28.7 Å². The van der Waals surface area contributed by atoms with Gasteiger partial charge < -0.3 is 14.8 Å². The number of nitrogens with zero attached hydrogens (tertiary/aromatic N) is 1. The first-order chi connectivity index (χ1) is 20.6. The largest absolute Gasteiger partial charge is 0.468 e. The molecule has 0 aromatic heterocycles. The number of carbonyl (C=O) groups is 4. The molecule has 228 valence electrons. The zero-order chi connectivity index (χ0) is 31.4. The standard InChI is InChI=1S/C34H41N3O6/c1-23(2)22-30(36-29(34(41)43-5)20-21-31(38)35-27-14-10-7-11-15-27)32(39)37(24(3)33(40)42-4)28-18-16-26(17-19-28)25-12-8-6-9-13-25/h6-19,23-24,29-30,36H,20-22H2,1-5H3,(H,35,38)/t24-,29+,30-/m0/s1. The molecule has 0 unspecified atom stereocenters. The van der Waals surface area contributed by atoms with E-state index in [2.05, 4.69) is 10.6 Å². The van der Waals surface area contributed by atoms with Gasteiger partial charge in [0.25, 0.3) is 0 Å². The number of anilines is 2. The third kappa shape index (κ3) is 9.51. The SMILES string of the molecule is COC(=O)[C@@H](CCC(=O)Nc1ccccc1)N[C@@H](CC(C)C)C(=O)N(c1ccc(-c2ccccc2)cc1)[C@@H](C)C(=O)OC. The van der Waals surface area contributed by atoms with Crippen molar-refractivity contribution in [1.29, 1.82) is 0 Å². The second-order valence-electron chi connectivity index (χ2n) is 10.7. The maximum absolute atomic E-state index is 14.2. The number of para-hydroxylation sites is 1. The summed E-state index contributed by atoms with van der Waals surface area (Å²) in [7, 11) is 2.54. The molecule has 0 heterocycles. The fraction of sp³-hybridized carbons (Fsp3) is 0.353. The van der Waals surface area contributed by atoms with Gasteiger partial charge in [0, 0.05) is 17.8 Å². The van der Waals surface area contributed by atoms with Gasteiger partial charge in [0.1, 0.15) is 12.1 Å². The Balaban J connectivity index is 1.87. The lowest BCUT2D eigenvalue weighted by molar-refractivity contribution is -0.145. The third-order valence-electron chi connectivity index (χ3n) is 7.03. The van der Waals surface area contributed by atoms with Gasteiger partial charge >= 0.3 is 11.9 Å². The minimum absolute atomic E-state index is 0.0213. The molecule has 0 aliphatic rings. The fourth-order valence-corrected chi connectivity index (χ4v) is 4.82. The molecule has 43 heavy (non-hydrogen) atoms. The van der Waals surface area contributed by atoms with Gasteiger partial charge in [0.15, 0.2) is 0 Å². The summed E-state index contributed by atoms with van der Waals surface area (Å²) in [5.74, 6) is -1.77. The van der Waals surface area contributed by atoms with Gasteiger partial charge in [-0.2, -0.15) is 0 Å². The lowest BCUT2D eigenvalue weighted by Gasteiger charge is -2.33. The first-order valence-electron chi connectivity index (χ1n) is 14.4. The van der Waals surface area contributed by atoms with Crippen molar-refractivity contribution in [2.24, 2.45) is 5.92 Å². The van der Waals surface area contributed by atoms with Crippen molar-refractivity contribution < 1.29 is 28.7 Å². The first kappa shape index (κ1) is 33.0. The van der Waals surface area contributed by atoms with Crippen LogP contribution in [0.25, 0.3) is 11.1 Å². The summed E-state index contributed by atoms with van der Waals surface area (Å²) in [6, 6.07) is 23.5. The van der Waals surface area contributed by atoms with Crippen LogP contribution in [0.2, 0.25) is 0 Å². The average Bonchev–Trinajstić information content (AvgIpc) is 3.02. The molecule has 0 aliphatic heterocycles. The molecule has 9 nitrogen and oxygen atoms in total. The zero-order valence-corrected chi connectivity index (χ0v) is 25.4. The summed E-state index contributed by atoms with van der Waals surface area (Å²) >= 11 is 0. The van der Waals surface area contributed by atoms with Crippen LogP contribution in [0.15, 0.2) is 84.9 Å². The highest BCUT2D eigenvalue weighted by Gasteiger charge is 2.35. The number of amides is 2. The molecule has 0 saturated carbocycles. The summed E-state index contributed by atoms with van der Waals surface area (Å²) in [5, 5.41) is 5.96. The van der Waals surface area contributed by atoms with E-state index in [0.717, 1.165) is 11.1 Å². The molecule has 9 heteroatoms. The number of rotatable bonds is 14. The molecule has 0 fully saturated rings. The van der Waals surface area contributed by atoms with Crippen molar-refractivity contribution in [2.45, 2.75) is 58.2 Å². The Kier molecular flexibility index (Phi) is 12.5. The van der Waals surface area contributed by atoms with Crippen molar-refractivity contribution in [3.8, 4) is 11.1 Å². The van der Waals surface area contributed by atoms with Gasteiger partial charge in [-0.25, -0.2) is 4.79 Å². The van der Waals surface area contributed by atoms with Crippen molar-refractivity contribution in [1.82, 2.24) is 5.32 Å². The smallest absolute Gasteiger partial charge is 0.328 e. The second kappa shape index (κ2) is 16.2. The van der Waals surface area contributed by atoms with Crippen LogP contribution in [0, 0.1) is 5.92 Å². The zero-order valence-electron chi connectivity index (χ0n) is 25.4. The van der Waals surface area contributed by atoms with Crippen LogP contribution >= 0.6 is 0 Å². The number of benzene rings is 3. The highest BCUT2D eigenvalue weighted by atomic mass is 16.5. The first-order valence-corrected chi connectivity index (χ1v) is 14.4. The van der Waals surface area contributed by atoms with Crippen LogP contribution in [0.4, 0.5) is 11.4 Å². The Labute approximate surface area is 253 Å². The van der Waals surface area contributed by atoms with E-state index in [-0.39, 0.29) is 24.7 Å². The lowest BCUT2D eigenvalue weighted by atomic mass is 9.99. The van der Waals surface area contributed by atoms with Gasteiger partial charge in [0.05, 0.1) is 20.3 Å². The van der Waals surface area contributed by atoms with Gasteiger partial charge in [-0.1, -0.05) is 74.5 Å². The maximum Gasteiger partial charge on any atom is 0.328 e. The fourth-order valence-electron chi connectivity index (χ4n) is 4.82. The number of esters is 2. The Bertz CT molecular complexity index is 1350. The van der Waals surface area contributed by atoms with Gasteiger partial charge in [0.2, 0.25) is 11.8 Å². The van der Waals surface area contributed by atoms with Crippen LogP contribution in [0.1, 0.15) is 40.0 Å².